The van der Waals surface area contributed by atoms with Gasteiger partial charge in [0.2, 0.25) is 0 Å². The molecule has 1 aliphatic rings. The number of benzene rings is 1. The highest BCUT2D eigenvalue weighted by Crippen LogP contribution is 2.39. The van der Waals surface area contributed by atoms with Crippen molar-refractivity contribution in [2.24, 2.45) is 5.41 Å². The van der Waals surface area contributed by atoms with Crippen LogP contribution < -0.4 is 14.2 Å². The molecule has 0 amide bonds. The number of ether oxygens (including phenoxy) is 4. The molecule has 1 aromatic carbocycles. The molecule has 0 unspecified atom stereocenters. The predicted octanol–water partition coefficient (Wildman–Crippen LogP) is 1.26. The smallest absolute Gasteiger partial charge is 0.164 e. The molecule has 19 heavy (non-hydrogen) atoms. The summed E-state index contributed by atoms with van der Waals surface area (Å²) in [5.74, 6) is 2.02. The second-order valence-corrected chi connectivity index (χ2v) is 4.85. The van der Waals surface area contributed by atoms with Crippen molar-refractivity contribution in [3.63, 3.8) is 0 Å². The Balaban J connectivity index is 2.32. The summed E-state index contributed by atoms with van der Waals surface area (Å²) in [4.78, 5) is 0. The summed E-state index contributed by atoms with van der Waals surface area (Å²) in [5.41, 5.74) is 0.782. The third-order valence-corrected chi connectivity index (χ3v) is 3.50. The summed E-state index contributed by atoms with van der Waals surface area (Å²) in [5, 5.41) is 9.51. The molecule has 1 aromatic rings. The minimum absolute atomic E-state index is 0.102. The van der Waals surface area contributed by atoms with Crippen molar-refractivity contribution in [3.8, 4) is 17.2 Å². The highest BCUT2D eigenvalue weighted by molar-refractivity contribution is 5.51. The molecule has 1 N–H and O–H groups in total. The number of rotatable bonds is 6. The lowest BCUT2D eigenvalue weighted by molar-refractivity contribution is -0.136. The van der Waals surface area contributed by atoms with Crippen LogP contribution in [0, 0.1) is 5.41 Å². The Hall–Kier alpha value is -1.46. The Kier molecular flexibility index (Phi) is 4.17. The van der Waals surface area contributed by atoms with Gasteiger partial charge in [-0.25, -0.2) is 0 Å². The molecule has 0 aliphatic carbocycles. The first-order valence-corrected chi connectivity index (χ1v) is 6.15. The number of aliphatic hydroxyl groups is 1. The van der Waals surface area contributed by atoms with E-state index < -0.39 is 0 Å². The van der Waals surface area contributed by atoms with Gasteiger partial charge in [-0.2, -0.15) is 0 Å². The molecule has 0 radical (unpaired) electrons. The fourth-order valence-corrected chi connectivity index (χ4v) is 2.27. The van der Waals surface area contributed by atoms with Crippen molar-refractivity contribution in [1.82, 2.24) is 0 Å². The van der Waals surface area contributed by atoms with Crippen LogP contribution in [0.1, 0.15) is 5.56 Å². The van der Waals surface area contributed by atoms with E-state index in [0.717, 1.165) is 11.3 Å². The van der Waals surface area contributed by atoms with Gasteiger partial charge in [0.25, 0.3) is 0 Å². The minimum atomic E-state index is -0.202. The molecular weight excluding hydrogens is 248 g/mol. The van der Waals surface area contributed by atoms with E-state index in [4.69, 9.17) is 18.9 Å². The molecule has 1 heterocycles. The Morgan fingerprint density at radius 3 is 2.05 bits per heavy atom. The van der Waals surface area contributed by atoms with E-state index in [1.54, 1.807) is 27.4 Å². The van der Waals surface area contributed by atoms with Gasteiger partial charge in [0.15, 0.2) is 11.5 Å². The summed E-state index contributed by atoms with van der Waals surface area (Å²) in [6.07, 6.45) is 0.688. The minimum Gasteiger partial charge on any atom is -0.496 e. The summed E-state index contributed by atoms with van der Waals surface area (Å²) in [6, 6.07) is 3.70. The molecule has 0 aromatic heterocycles. The van der Waals surface area contributed by atoms with Crippen molar-refractivity contribution < 1.29 is 24.1 Å². The topological polar surface area (TPSA) is 57.2 Å². The summed E-state index contributed by atoms with van der Waals surface area (Å²) in [7, 11) is 4.81. The molecule has 1 fully saturated rings. The molecule has 2 rings (SSSR count). The molecule has 1 saturated heterocycles. The highest BCUT2D eigenvalue weighted by atomic mass is 16.5. The summed E-state index contributed by atoms with van der Waals surface area (Å²) >= 11 is 0. The zero-order valence-corrected chi connectivity index (χ0v) is 11.6. The van der Waals surface area contributed by atoms with Crippen LogP contribution in [0.15, 0.2) is 12.1 Å². The largest absolute Gasteiger partial charge is 0.496 e. The zero-order valence-electron chi connectivity index (χ0n) is 11.6. The molecule has 5 nitrogen and oxygen atoms in total. The quantitative estimate of drug-likeness (QED) is 0.842. The lowest BCUT2D eigenvalue weighted by Crippen LogP contribution is -2.47. The molecule has 1 aliphatic heterocycles. The van der Waals surface area contributed by atoms with Gasteiger partial charge in [0.1, 0.15) is 5.75 Å². The van der Waals surface area contributed by atoms with E-state index >= 15 is 0 Å². The van der Waals surface area contributed by atoms with E-state index in [1.807, 2.05) is 6.07 Å². The van der Waals surface area contributed by atoms with E-state index in [-0.39, 0.29) is 12.0 Å². The number of aliphatic hydroxyl groups excluding tert-OH is 1. The van der Waals surface area contributed by atoms with Crippen LogP contribution in [0.3, 0.4) is 0 Å². The molecule has 0 atom stereocenters. The fraction of sp³-hybridized carbons (Fsp3) is 0.571. The number of methoxy groups -OCH3 is 3. The van der Waals surface area contributed by atoms with Crippen LogP contribution in [-0.4, -0.2) is 46.3 Å². The second-order valence-electron chi connectivity index (χ2n) is 4.85. The Bertz CT molecular complexity index is 434. The van der Waals surface area contributed by atoms with Crippen molar-refractivity contribution >= 4 is 0 Å². The molecular formula is C14H20O5. The maximum atomic E-state index is 9.51. The average Bonchev–Trinajstić information content (AvgIpc) is 2.41. The molecule has 0 bridgehead atoms. The lowest BCUT2D eigenvalue weighted by Gasteiger charge is -2.40. The molecule has 0 saturated carbocycles. The Labute approximate surface area is 113 Å². The summed E-state index contributed by atoms with van der Waals surface area (Å²) in [6.45, 7) is 1.24. The average molecular weight is 268 g/mol. The van der Waals surface area contributed by atoms with E-state index in [2.05, 4.69) is 0 Å². The Morgan fingerprint density at radius 1 is 1.05 bits per heavy atom. The maximum Gasteiger partial charge on any atom is 0.164 e. The molecule has 5 heteroatoms. The van der Waals surface area contributed by atoms with Crippen molar-refractivity contribution in [2.45, 2.75) is 6.42 Å². The summed E-state index contributed by atoms with van der Waals surface area (Å²) < 4.78 is 21.2. The van der Waals surface area contributed by atoms with Crippen LogP contribution in [-0.2, 0) is 11.2 Å². The zero-order chi connectivity index (χ0) is 13.9. The van der Waals surface area contributed by atoms with Gasteiger partial charge in [-0.15, -0.1) is 0 Å². The van der Waals surface area contributed by atoms with Crippen molar-refractivity contribution in [3.05, 3.63) is 17.7 Å². The predicted molar refractivity (Wildman–Crippen MR) is 70.1 cm³/mol. The van der Waals surface area contributed by atoms with Crippen molar-refractivity contribution in [2.75, 3.05) is 41.2 Å². The maximum absolute atomic E-state index is 9.51. The van der Waals surface area contributed by atoms with Crippen LogP contribution in [0.5, 0.6) is 17.2 Å². The van der Waals surface area contributed by atoms with Gasteiger partial charge >= 0.3 is 0 Å². The van der Waals surface area contributed by atoms with Gasteiger partial charge < -0.3 is 24.1 Å². The SMILES string of the molecule is COc1cc(OC)c(OC)cc1CC1(CO)COC1. The first-order chi connectivity index (χ1) is 9.18. The van der Waals surface area contributed by atoms with Crippen molar-refractivity contribution in [1.29, 1.82) is 0 Å². The van der Waals surface area contributed by atoms with Gasteiger partial charge in [0, 0.05) is 11.5 Å². The fourth-order valence-electron chi connectivity index (χ4n) is 2.27. The first-order valence-electron chi connectivity index (χ1n) is 6.15. The lowest BCUT2D eigenvalue weighted by atomic mass is 9.80. The van der Waals surface area contributed by atoms with Gasteiger partial charge in [0.05, 0.1) is 41.2 Å². The second kappa shape index (κ2) is 5.67. The van der Waals surface area contributed by atoms with Crippen LogP contribution in [0.4, 0.5) is 0 Å². The van der Waals surface area contributed by atoms with Crippen LogP contribution in [0.2, 0.25) is 0 Å². The Morgan fingerprint density at radius 2 is 1.63 bits per heavy atom. The normalized spacial score (nSPS) is 16.6. The van der Waals surface area contributed by atoms with E-state index in [1.165, 1.54) is 0 Å². The standard InChI is InChI=1S/C14H20O5/c1-16-11-5-13(18-3)12(17-2)4-10(11)6-14(7-15)8-19-9-14/h4-5,15H,6-9H2,1-3H3. The van der Waals surface area contributed by atoms with E-state index in [9.17, 15) is 5.11 Å². The van der Waals surface area contributed by atoms with Gasteiger partial charge in [-0.1, -0.05) is 0 Å². The molecule has 106 valence electrons. The number of hydrogen-bond donors (Lipinski definition) is 1. The third-order valence-electron chi connectivity index (χ3n) is 3.50. The van der Waals surface area contributed by atoms with Crippen LogP contribution in [0.25, 0.3) is 0 Å². The first kappa shape index (κ1) is 14.0. The van der Waals surface area contributed by atoms with Crippen LogP contribution >= 0.6 is 0 Å². The number of hydrogen-bond acceptors (Lipinski definition) is 5. The van der Waals surface area contributed by atoms with E-state index in [0.29, 0.717) is 31.1 Å². The third kappa shape index (κ3) is 2.62. The van der Waals surface area contributed by atoms with Gasteiger partial charge in [-0.3, -0.25) is 0 Å². The monoisotopic (exact) mass is 268 g/mol. The van der Waals surface area contributed by atoms with Gasteiger partial charge in [-0.05, 0) is 18.1 Å². The highest BCUT2D eigenvalue weighted by Gasteiger charge is 2.39. The molecule has 0 spiro atoms.